The number of aryl methyl sites for hydroxylation is 1. The molecule has 1 aromatic heterocycles. The third-order valence-corrected chi connectivity index (χ3v) is 8.26. The number of fused-ring (bicyclic) bond motifs is 3. The van der Waals surface area contributed by atoms with E-state index in [0.29, 0.717) is 23.5 Å². The van der Waals surface area contributed by atoms with Gasteiger partial charge >= 0.3 is 6.16 Å². The highest BCUT2D eigenvalue weighted by molar-refractivity contribution is 7.12. The number of carbonyl (C=O) groups excluding carboxylic acids is 2. The van der Waals surface area contributed by atoms with E-state index in [9.17, 15) is 9.59 Å². The maximum atomic E-state index is 13.1. The molecule has 0 aliphatic carbocycles. The summed E-state index contributed by atoms with van der Waals surface area (Å²) in [6, 6.07) is 21.5. The lowest BCUT2D eigenvalue weighted by molar-refractivity contribution is -0.938. The molecule has 3 aromatic rings. The number of thiophene rings is 1. The summed E-state index contributed by atoms with van der Waals surface area (Å²) in [5.74, 6) is 0.512. The lowest BCUT2D eigenvalue weighted by Gasteiger charge is -2.51. The number of nitrogens with zero attached hydrogens (tertiary/aromatic N) is 1. The number of Topliss-reactive ketones (excluding diaryl/α,β-unsaturated/α-hetero) is 1. The van der Waals surface area contributed by atoms with Crippen LogP contribution in [0.2, 0.25) is 0 Å². The van der Waals surface area contributed by atoms with Crippen LogP contribution in [0, 0.1) is 12.8 Å². The Hall–Kier alpha value is -2.96. The topological polar surface area (TPSA) is 52.6 Å². The van der Waals surface area contributed by atoms with Crippen molar-refractivity contribution in [1.29, 1.82) is 0 Å². The zero-order valence-corrected chi connectivity index (χ0v) is 20.2. The normalized spacial score (nSPS) is 24.4. The lowest BCUT2D eigenvalue weighted by atomic mass is 9.83. The highest BCUT2D eigenvalue weighted by Gasteiger charge is 2.49. The molecule has 3 aliphatic rings. The number of quaternary nitrogens is 1. The maximum Gasteiger partial charge on any atom is 0.509 e. The summed E-state index contributed by atoms with van der Waals surface area (Å²) in [4.78, 5) is 26.7. The van der Waals surface area contributed by atoms with E-state index in [1.807, 2.05) is 79.0 Å². The Morgan fingerprint density at radius 3 is 2.44 bits per heavy atom. The molecule has 176 valence electrons. The Bertz CT molecular complexity index is 1140. The molecule has 5 nitrogen and oxygen atoms in total. The summed E-state index contributed by atoms with van der Waals surface area (Å²) >= 11 is 1.49. The van der Waals surface area contributed by atoms with Gasteiger partial charge in [-0.3, -0.25) is 4.79 Å². The first kappa shape index (κ1) is 22.8. The monoisotopic (exact) mass is 476 g/mol. The van der Waals surface area contributed by atoms with Gasteiger partial charge in [-0.15, -0.1) is 11.3 Å². The molecule has 0 saturated carbocycles. The lowest BCUT2D eigenvalue weighted by Crippen LogP contribution is -2.65. The molecular weight excluding hydrogens is 446 g/mol. The van der Waals surface area contributed by atoms with Gasteiger partial charge in [0.25, 0.3) is 0 Å². The third-order valence-electron chi connectivity index (χ3n) is 7.35. The maximum absolute atomic E-state index is 13.1. The van der Waals surface area contributed by atoms with Gasteiger partial charge in [-0.1, -0.05) is 60.7 Å². The standard InChI is InChI=1S/C28H30NO4S/c1-20-8-5-6-11-23(20)27(22-9-3-2-4-10-22)33-28(31)32-25-19-29(15-13-21(25)14-16-29)18-24(30)26-12-7-17-34-26/h2-12,17,21,25,27H,13-16,18-19H2,1H3/q+1. The number of carbonyl (C=O) groups is 2. The van der Waals surface area contributed by atoms with E-state index >= 15 is 0 Å². The number of hydrogen-bond acceptors (Lipinski definition) is 5. The van der Waals surface area contributed by atoms with Gasteiger partial charge in [0.2, 0.25) is 5.78 Å². The fraction of sp³-hybridized carbons (Fsp3) is 0.357. The van der Waals surface area contributed by atoms with Crippen molar-refractivity contribution in [2.45, 2.75) is 32.0 Å². The summed E-state index contributed by atoms with van der Waals surface area (Å²) in [5, 5.41) is 1.94. The van der Waals surface area contributed by atoms with Crippen molar-refractivity contribution in [3.05, 3.63) is 93.7 Å². The van der Waals surface area contributed by atoms with Gasteiger partial charge in [-0.05, 0) is 29.5 Å². The predicted octanol–water partition coefficient (Wildman–Crippen LogP) is 5.79. The largest absolute Gasteiger partial charge is 0.509 e. The molecule has 6 rings (SSSR count). The molecule has 2 unspecified atom stereocenters. The Balaban J connectivity index is 1.29. The van der Waals surface area contributed by atoms with E-state index < -0.39 is 12.3 Å². The Kier molecular flexibility index (Phi) is 6.53. The number of rotatable bonds is 7. The number of ether oxygens (including phenoxy) is 2. The molecule has 0 spiro atoms. The Morgan fingerprint density at radius 2 is 1.74 bits per heavy atom. The van der Waals surface area contributed by atoms with Crippen LogP contribution in [0.25, 0.3) is 0 Å². The minimum atomic E-state index is -0.640. The Morgan fingerprint density at radius 1 is 1.00 bits per heavy atom. The van der Waals surface area contributed by atoms with Gasteiger partial charge in [-0.2, -0.15) is 0 Å². The van der Waals surface area contributed by atoms with Gasteiger partial charge in [0.1, 0.15) is 13.1 Å². The van der Waals surface area contributed by atoms with Gasteiger partial charge in [0.05, 0.1) is 18.0 Å². The first-order valence-electron chi connectivity index (χ1n) is 11.9. The third kappa shape index (κ3) is 4.79. The highest BCUT2D eigenvalue weighted by atomic mass is 32.1. The summed E-state index contributed by atoms with van der Waals surface area (Å²) in [6.07, 6.45) is 0.545. The molecule has 3 saturated heterocycles. The van der Waals surface area contributed by atoms with Gasteiger partial charge in [0.15, 0.2) is 12.2 Å². The predicted molar refractivity (Wildman–Crippen MR) is 132 cm³/mol. The van der Waals surface area contributed by atoms with E-state index in [1.54, 1.807) is 0 Å². The van der Waals surface area contributed by atoms with Crippen molar-refractivity contribution in [1.82, 2.24) is 0 Å². The van der Waals surface area contributed by atoms with Crippen LogP contribution in [0.1, 0.15) is 45.3 Å². The molecule has 2 atom stereocenters. The Labute approximate surface area is 204 Å². The molecule has 2 bridgehead atoms. The molecule has 0 N–H and O–H groups in total. The van der Waals surface area contributed by atoms with Crippen LogP contribution in [0.4, 0.5) is 4.79 Å². The second kappa shape index (κ2) is 9.72. The van der Waals surface area contributed by atoms with Gasteiger partial charge in [0, 0.05) is 24.3 Å². The van der Waals surface area contributed by atoms with E-state index in [1.165, 1.54) is 11.3 Å². The van der Waals surface area contributed by atoms with Crippen molar-refractivity contribution in [2.24, 2.45) is 5.92 Å². The van der Waals surface area contributed by atoms with Crippen LogP contribution in [-0.4, -0.2) is 48.7 Å². The van der Waals surface area contributed by atoms with E-state index in [2.05, 4.69) is 0 Å². The van der Waals surface area contributed by atoms with Crippen LogP contribution in [0.15, 0.2) is 72.1 Å². The van der Waals surface area contributed by atoms with Crippen LogP contribution in [-0.2, 0) is 9.47 Å². The summed E-state index contributed by atoms with van der Waals surface area (Å²) in [7, 11) is 0. The minimum absolute atomic E-state index is 0.181. The quantitative estimate of drug-likeness (QED) is 0.246. The average molecular weight is 477 g/mol. The van der Waals surface area contributed by atoms with Crippen LogP contribution in [0.5, 0.6) is 0 Å². The SMILES string of the molecule is Cc1ccccc1C(OC(=O)OC1C[N+]2(CC(=O)c3cccs3)CCC1CC2)c1ccccc1. The number of piperidine rings is 3. The molecule has 2 aromatic carbocycles. The molecule has 34 heavy (non-hydrogen) atoms. The van der Waals surface area contributed by atoms with Crippen molar-refractivity contribution >= 4 is 23.3 Å². The van der Waals surface area contributed by atoms with Crippen LogP contribution in [0.3, 0.4) is 0 Å². The second-order valence-corrected chi connectivity index (χ2v) is 10.5. The summed E-state index contributed by atoms with van der Waals surface area (Å²) in [5.41, 5.74) is 2.92. The van der Waals surface area contributed by atoms with E-state index in [0.717, 1.165) is 47.5 Å². The zero-order chi connectivity index (χ0) is 23.5. The fourth-order valence-corrected chi connectivity index (χ4v) is 6.12. The number of benzene rings is 2. The van der Waals surface area contributed by atoms with Crippen LogP contribution >= 0.6 is 11.3 Å². The molecule has 0 amide bonds. The highest BCUT2D eigenvalue weighted by Crippen LogP contribution is 2.37. The summed E-state index contributed by atoms with van der Waals surface area (Å²) < 4.78 is 12.6. The van der Waals surface area contributed by atoms with Crippen molar-refractivity contribution < 1.29 is 23.5 Å². The van der Waals surface area contributed by atoms with Crippen molar-refractivity contribution in [2.75, 3.05) is 26.2 Å². The van der Waals surface area contributed by atoms with Gasteiger partial charge < -0.3 is 14.0 Å². The van der Waals surface area contributed by atoms with Gasteiger partial charge in [-0.25, -0.2) is 4.79 Å². The molecular formula is C28H30NO4S+. The molecule has 6 heteroatoms. The van der Waals surface area contributed by atoms with E-state index in [-0.39, 0.29) is 11.9 Å². The fourth-order valence-electron chi connectivity index (χ4n) is 5.46. The number of ketones is 1. The molecule has 3 aliphatic heterocycles. The average Bonchev–Trinajstić information content (AvgIpc) is 3.40. The minimum Gasteiger partial charge on any atom is -0.425 e. The van der Waals surface area contributed by atoms with E-state index in [4.69, 9.17) is 9.47 Å². The molecule has 0 radical (unpaired) electrons. The van der Waals surface area contributed by atoms with Crippen molar-refractivity contribution in [3.8, 4) is 0 Å². The van der Waals surface area contributed by atoms with Crippen LogP contribution < -0.4 is 0 Å². The summed E-state index contributed by atoms with van der Waals surface area (Å²) in [6.45, 7) is 5.10. The first-order valence-corrected chi connectivity index (χ1v) is 12.8. The van der Waals surface area contributed by atoms with Crippen molar-refractivity contribution in [3.63, 3.8) is 0 Å². The molecule has 3 fully saturated rings. The molecule has 4 heterocycles. The first-order chi connectivity index (χ1) is 16.5. The zero-order valence-electron chi connectivity index (χ0n) is 19.4. The number of hydrogen-bond donors (Lipinski definition) is 0. The second-order valence-electron chi connectivity index (χ2n) is 9.54. The smallest absolute Gasteiger partial charge is 0.425 e.